The van der Waals surface area contributed by atoms with E-state index in [1.165, 1.54) is 0 Å². The fourth-order valence-corrected chi connectivity index (χ4v) is 7.73. The summed E-state index contributed by atoms with van der Waals surface area (Å²) in [6, 6.07) is 7.09. The average Bonchev–Trinajstić information content (AvgIpc) is 2.99. The van der Waals surface area contributed by atoms with Crippen LogP contribution in [-0.2, 0) is 34.0 Å². The number of aromatic nitrogens is 1. The minimum absolute atomic E-state index is 0.0103. The van der Waals surface area contributed by atoms with Gasteiger partial charge in [0.2, 0.25) is 0 Å². The smallest absolute Gasteiger partial charge is 0.323 e. The standard InChI is InChI=1S/C26H33NO5S/c1-17-20(25-21(27(17)16-24(29)30)14-26(2,3)15-22(25)28)13-18-9-7-8-12-23(18)33(31,32)19-10-5-4-6-11-19/h7-9,12,19H,4-6,10-11,13-16H2,1-3H3,(H,29,30). The highest BCUT2D eigenvalue weighted by molar-refractivity contribution is 7.92. The number of ketones is 1. The Morgan fingerprint density at radius 2 is 1.79 bits per heavy atom. The van der Waals surface area contributed by atoms with Crippen LogP contribution in [0.25, 0.3) is 0 Å². The van der Waals surface area contributed by atoms with E-state index in [9.17, 15) is 23.1 Å². The molecule has 2 aliphatic rings. The number of hydrogen-bond acceptors (Lipinski definition) is 4. The van der Waals surface area contributed by atoms with Gasteiger partial charge in [0.15, 0.2) is 15.6 Å². The van der Waals surface area contributed by atoms with Crippen LogP contribution in [0.4, 0.5) is 0 Å². The van der Waals surface area contributed by atoms with Gasteiger partial charge >= 0.3 is 5.97 Å². The fourth-order valence-electron chi connectivity index (χ4n) is 5.65. The van der Waals surface area contributed by atoms with Gasteiger partial charge in [0, 0.05) is 29.8 Å². The van der Waals surface area contributed by atoms with E-state index in [-0.39, 0.29) is 23.0 Å². The molecule has 0 spiro atoms. The molecule has 2 aliphatic carbocycles. The van der Waals surface area contributed by atoms with Crippen LogP contribution in [-0.4, -0.2) is 35.1 Å². The topological polar surface area (TPSA) is 93.4 Å². The zero-order chi connectivity index (χ0) is 24.0. The average molecular weight is 472 g/mol. The molecule has 0 unspecified atom stereocenters. The molecule has 1 N–H and O–H groups in total. The normalized spacial score (nSPS) is 18.8. The van der Waals surface area contributed by atoms with E-state index in [1.807, 2.05) is 32.9 Å². The largest absolute Gasteiger partial charge is 0.480 e. The summed E-state index contributed by atoms with van der Waals surface area (Å²) < 4.78 is 28.8. The van der Waals surface area contributed by atoms with Gasteiger partial charge in [-0.15, -0.1) is 0 Å². The number of nitrogens with zero attached hydrogens (tertiary/aromatic N) is 1. The lowest BCUT2D eigenvalue weighted by molar-refractivity contribution is -0.137. The van der Waals surface area contributed by atoms with Crippen molar-refractivity contribution < 1.29 is 23.1 Å². The van der Waals surface area contributed by atoms with E-state index in [4.69, 9.17) is 0 Å². The van der Waals surface area contributed by atoms with Crippen LogP contribution in [0.2, 0.25) is 0 Å². The Balaban J connectivity index is 1.81. The molecule has 33 heavy (non-hydrogen) atoms. The Kier molecular flexibility index (Phi) is 6.29. The number of sulfone groups is 1. The molecule has 7 heteroatoms. The van der Waals surface area contributed by atoms with Crippen LogP contribution in [0.3, 0.4) is 0 Å². The first kappa shape index (κ1) is 23.7. The van der Waals surface area contributed by atoms with Crippen LogP contribution in [0.1, 0.15) is 85.2 Å². The number of benzene rings is 1. The van der Waals surface area contributed by atoms with Crippen LogP contribution in [0, 0.1) is 12.3 Å². The number of carboxylic acids is 1. The number of fused-ring (bicyclic) bond motifs is 1. The van der Waals surface area contributed by atoms with Crippen molar-refractivity contribution in [2.24, 2.45) is 5.41 Å². The third-order valence-corrected chi connectivity index (χ3v) is 9.61. The van der Waals surface area contributed by atoms with E-state index in [2.05, 4.69) is 0 Å². The Bertz CT molecular complexity index is 1200. The lowest BCUT2D eigenvalue weighted by Crippen LogP contribution is -2.29. The third-order valence-electron chi connectivity index (χ3n) is 7.25. The number of carbonyl (C=O) groups excluding carboxylic acids is 1. The highest BCUT2D eigenvalue weighted by Crippen LogP contribution is 2.40. The van der Waals surface area contributed by atoms with E-state index in [0.717, 1.165) is 36.2 Å². The second-order valence-corrected chi connectivity index (χ2v) is 12.6. The summed E-state index contributed by atoms with van der Waals surface area (Å²) in [7, 11) is -3.48. The van der Waals surface area contributed by atoms with Crippen molar-refractivity contribution in [2.45, 2.75) is 88.8 Å². The van der Waals surface area contributed by atoms with Gasteiger partial charge in [0.05, 0.1) is 10.1 Å². The number of carbonyl (C=O) groups is 2. The highest BCUT2D eigenvalue weighted by Gasteiger charge is 2.38. The molecule has 0 atom stereocenters. The summed E-state index contributed by atoms with van der Waals surface area (Å²) in [4.78, 5) is 25.2. The van der Waals surface area contributed by atoms with E-state index < -0.39 is 15.8 Å². The molecule has 1 heterocycles. The zero-order valence-electron chi connectivity index (χ0n) is 19.7. The third kappa shape index (κ3) is 4.52. The fraction of sp³-hybridized carbons (Fsp3) is 0.538. The summed E-state index contributed by atoms with van der Waals surface area (Å²) in [5.41, 5.74) is 3.29. The summed E-state index contributed by atoms with van der Waals surface area (Å²) in [6.45, 7) is 5.68. The van der Waals surface area contributed by atoms with Crippen molar-refractivity contribution in [3.63, 3.8) is 0 Å². The first-order valence-corrected chi connectivity index (χ1v) is 13.3. The van der Waals surface area contributed by atoms with Crippen molar-refractivity contribution >= 4 is 21.6 Å². The summed E-state index contributed by atoms with van der Waals surface area (Å²) in [6.07, 6.45) is 5.63. The molecular formula is C26H33NO5S. The van der Waals surface area contributed by atoms with Gasteiger partial charge in [-0.3, -0.25) is 9.59 Å². The summed E-state index contributed by atoms with van der Waals surface area (Å²) >= 11 is 0. The Hall–Kier alpha value is -2.41. The molecule has 1 saturated carbocycles. The number of rotatable bonds is 6. The minimum Gasteiger partial charge on any atom is -0.480 e. The van der Waals surface area contributed by atoms with Crippen molar-refractivity contribution in [1.82, 2.24) is 4.57 Å². The number of aliphatic carboxylic acids is 1. The Morgan fingerprint density at radius 1 is 1.12 bits per heavy atom. The molecule has 1 aromatic carbocycles. The maximum absolute atomic E-state index is 13.5. The van der Waals surface area contributed by atoms with Gasteiger partial charge in [0.1, 0.15) is 6.54 Å². The SMILES string of the molecule is Cc1c(Cc2ccccc2S(=O)(=O)C2CCCCC2)c2c(n1CC(=O)O)CC(C)(C)CC2=O. The molecule has 1 fully saturated rings. The van der Waals surface area contributed by atoms with Gasteiger partial charge in [-0.1, -0.05) is 51.3 Å². The molecule has 4 rings (SSSR count). The quantitative estimate of drug-likeness (QED) is 0.657. The van der Waals surface area contributed by atoms with Crippen LogP contribution >= 0.6 is 0 Å². The second-order valence-electron chi connectivity index (χ2n) is 10.4. The van der Waals surface area contributed by atoms with Crippen molar-refractivity contribution in [3.8, 4) is 0 Å². The molecule has 0 bridgehead atoms. The molecule has 0 aliphatic heterocycles. The van der Waals surface area contributed by atoms with Gasteiger partial charge < -0.3 is 9.67 Å². The first-order chi connectivity index (χ1) is 15.5. The lowest BCUT2D eigenvalue weighted by Gasteiger charge is -2.30. The molecule has 1 aromatic heterocycles. The van der Waals surface area contributed by atoms with Gasteiger partial charge in [-0.05, 0) is 48.8 Å². The zero-order valence-corrected chi connectivity index (χ0v) is 20.5. The van der Waals surface area contributed by atoms with Gasteiger partial charge in [-0.2, -0.15) is 0 Å². The van der Waals surface area contributed by atoms with E-state index in [1.54, 1.807) is 16.7 Å². The van der Waals surface area contributed by atoms with Gasteiger partial charge in [-0.25, -0.2) is 8.42 Å². The molecule has 6 nitrogen and oxygen atoms in total. The number of carboxylic acid groups (broad SMARTS) is 1. The predicted octanol–water partition coefficient (Wildman–Crippen LogP) is 4.73. The molecule has 2 aromatic rings. The second kappa shape index (κ2) is 8.75. The first-order valence-electron chi connectivity index (χ1n) is 11.8. The van der Waals surface area contributed by atoms with E-state index >= 15 is 0 Å². The monoisotopic (exact) mass is 471 g/mol. The van der Waals surface area contributed by atoms with Crippen LogP contribution in [0.5, 0.6) is 0 Å². The highest BCUT2D eigenvalue weighted by atomic mass is 32.2. The van der Waals surface area contributed by atoms with Crippen molar-refractivity contribution in [1.29, 1.82) is 0 Å². The number of Topliss-reactive ketones (excluding diaryl/α,β-unsaturated/α-hetero) is 1. The minimum atomic E-state index is -3.48. The van der Waals surface area contributed by atoms with Crippen LogP contribution in [0.15, 0.2) is 29.2 Å². The van der Waals surface area contributed by atoms with Crippen molar-refractivity contribution in [3.05, 3.63) is 52.3 Å². The summed E-state index contributed by atoms with van der Waals surface area (Å²) in [5, 5.41) is 9.14. The van der Waals surface area contributed by atoms with Crippen molar-refractivity contribution in [2.75, 3.05) is 0 Å². The maximum Gasteiger partial charge on any atom is 0.323 e. The molecule has 0 radical (unpaired) electrons. The Morgan fingerprint density at radius 3 is 2.45 bits per heavy atom. The molecule has 0 amide bonds. The van der Waals surface area contributed by atoms with Gasteiger partial charge in [0.25, 0.3) is 0 Å². The number of hydrogen-bond donors (Lipinski definition) is 1. The maximum atomic E-state index is 13.5. The lowest BCUT2D eigenvalue weighted by atomic mass is 9.75. The predicted molar refractivity (Wildman–Crippen MR) is 127 cm³/mol. The Labute approximate surface area is 195 Å². The molecule has 0 saturated heterocycles. The van der Waals surface area contributed by atoms with Crippen LogP contribution < -0.4 is 0 Å². The van der Waals surface area contributed by atoms with E-state index in [0.29, 0.717) is 48.1 Å². The molecular weight excluding hydrogens is 438 g/mol. The molecule has 178 valence electrons. The summed E-state index contributed by atoms with van der Waals surface area (Å²) in [5.74, 6) is -0.949.